The standard InChI is InChI=1S/C13H15NO4/c1-16-9-13(12(15)17-2)8-11(14-18-13)10-6-4-3-5-7-10/h3-7H,8-9H2,1-2H3. The van der Waals surface area contributed by atoms with Crippen LogP contribution in [0.2, 0.25) is 0 Å². The molecule has 0 spiro atoms. The number of methoxy groups -OCH3 is 2. The van der Waals surface area contributed by atoms with Crippen LogP contribution in [0.1, 0.15) is 12.0 Å². The molecule has 0 fully saturated rings. The maximum absolute atomic E-state index is 11.8. The Kier molecular flexibility index (Phi) is 3.62. The fraction of sp³-hybridized carbons (Fsp3) is 0.385. The normalized spacial score (nSPS) is 22.2. The molecule has 2 rings (SSSR count). The molecule has 0 N–H and O–H groups in total. The third kappa shape index (κ3) is 2.22. The highest BCUT2D eigenvalue weighted by Crippen LogP contribution is 2.28. The van der Waals surface area contributed by atoms with Crippen molar-refractivity contribution in [3.05, 3.63) is 35.9 Å². The lowest BCUT2D eigenvalue weighted by Crippen LogP contribution is -2.44. The third-order valence-electron chi connectivity index (χ3n) is 2.83. The fourth-order valence-corrected chi connectivity index (χ4v) is 1.93. The Morgan fingerprint density at radius 2 is 2.11 bits per heavy atom. The third-order valence-corrected chi connectivity index (χ3v) is 2.83. The first-order chi connectivity index (χ1) is 8.72. The lowest BCUT2D eigenvalue weighted by Gasteiger charge is -2.22. The summed E-state index contributed by atoms with van der Waals surface area (Å²) >= 11 is 0. The summed E-state index contributed by atoms with van der Waals surface area (Å²) in [5, 5.41) is 3.98. The van der Waals surface area contributed by atoms with Gasteiger partial charge in [-0.2, -0.15) is 0 Å². The maximum Gasteiger partial charge on any atom is 0.356 e. The van der Waals surface area contributed by atoms with E-state index in [-0.39, 0.29) is 6.61 Å². The molecule has 5 nitrogen and oxygen atoms in total. The second kappa shape index (κ2) is 5.18. The number of ether oxygens (including phenoxy) is 2. The summed E-state index contributed by atoms with van der Waals surface area (Å²) in [6, 6.07) is 9.58. The van der Waals surface area contributed by atoms with Crippen molar-refractivity contribution in [1.82, 2.24) is 0 Å². The van der Waals surface area contributed by atoms with Crippen molar-refractivity contribution in [2.45, 2.75) is 12.0 Å². The van der Waals surface area contributed by atoms with E-state index in [1.807, 2.05) is 30.3 Å². The Balaban J connectivity index is 2.19. The topological polar surface area (TPSA) is 57.1 Å². The molecule has 1 heterocycles. The minimum atomic E-state index is -1.16. The number of carbonyl (C=O) groups excluding carboxylic acids is 1. The monoisotopic (exact) mass is 249 g/mol. The van der Waals surface area contributed by atoms with Crippen molar-refractivity contribution in [1.29, 1.82) is 0 Å². The zero-order valence-electron chi connectivity index (χ0n) is 10.4. The van der Waals surface area contributed by atoms with Crippen LogP contribution in [0.5, 0.6) is 0 Å². The summed E-state index contributed by atoms with van der Waals surface area (Å²) < 4.78 is 9.79. The quantitative estimate of drug-likeness (QED) is 0.756. The Morgan fingerprint density at radius 3 is 2.72 bits per heavy atom. The van der Waals surface area contributed by atoms with Crippen LogP contribution in [0.4, 0.5) is 0 Å². The average molecular weight is 249 g/mol. The molecular formula is C13H15NO4. The molecule has 1 aliphatic rings. The van der Waals surface area contributed by atoms with Gasteiger partial charge in [0.15, 0.2) is 0 Å². The average Bonchev–Trinajstić information content (AvgIpc) is 2.85. The maximum atomic E-state index is 11.8. The van der Waals surface area contributed by atoms with Gasteiger partial charge in [0.1, 0.15) is 6.61 Å². The van der Waals surface area contributed by atoms with Gasteiger partial charge in [0.05, 0.1) is 12.8 Å². The minimum absolute atomic E-state index is 0.111. The van der Waals surface area contributed by atoms with Gasteiger partial charge < -0.3 is 14.3 Å². The van der Waals surface area contributed by atoms with E-state index < -0.39 is 11.6 Å². The molecule has 1 atom stereocenters. The lowest BCUT2D eigenvalue weighted by molar-refractivity contribution is -0.172. The van der Waals surface area contributed by atoms with E-state index in [1.165, 1.54) is 14.2 Å². The van der Waals surface area contributed by atoms with Crippen LogP contribution in [0.25, 0.3) is 0 Å². The molecule has 96 valence electrons. The van der Waals surface area contributed by atoms with Crippen molar-refractivity contribution >= 4 is 11.7 Å². The molecular weight excluding hydrogens is 234 g/mol. The SMILES string of the molecule is COCC1(C(=O)OC)CC(c2ccccc2)=NO1. The summed E-state index contributed by atoms with van der Waals surface area (Å²) in [4.78, 5) is 17.1. The van der Waals surface area contributed by atoms with Gasteiger partial charge in [-0.3, -0.25) is 0 Å². The second-order valence-corrected chi connectivity index (χ2v) is 4.09. The second-order valence-electron chi connectivity index (χ2n) is 4.09. The number of hydrogen-bond donors (Lipinski definition) is 0. The van der Waals surface area contributed by atoms with E-state index in [0.29, 0.717) is 6.42 Å². The summed E-state index contributed by atoms with van der Waals surface area (Å²) in [6.45, 7) is 0.111. The van der Waals surface area contributed by atoms with E-state index >= 15 is 0 Å². The van der Waals surface area contributed by atoms with Gasteiger partial charge in [0.2, 0.25) is 0 Å². The lowest BCUT2D eigenvalue weighted by atomic mass is 9.95. The Labute approximate surface area is 105 Å². The van der Waals surface area contributed by atoms with E-state index in [0.717, 1.165) is 11.3 Å². The Morgan fingerprint density at radius 1 is 1.39 bits per heavy atom. The first kappa shape index (κ1) is 12.6. The van der Waals surface area contributed by atoms with Gasteiger partial charge in [-0.05, 0) is 5.56 Å². The highest BCUT2D eigenvalue weighted by molar-refractivity contribution is 6.04. The van der Waals surface area contributed by atoms with Crippen molar-refractivity contribution in [3.8, 4) is 0 Å². The Hall–Kier alpha value is -1.88. The Bertz CT molecular complexity index is 457. The minimum Gasteiger partial charge on any atom is -0.466 e. The van der Waals surface area contributed by atoms with Gasteiger partial charge in [-0.1, -0.05) is 35.5 Å². The molecule has 1 aromatic carbocycles. The highest BCUT2D eigenvalue weighted by atomic mass is 16.7. The molecule has 1 aromatic rings. The molecule has 0 radical (unpaired) electrons. The molecule has 18 heavy (non-hydrogen) atoms. The number of benzene rings is 1. The molecule has 1 aliphatic heterocycles. The van der Waals surface area contributed by atoms with E-state index in [4.69, 9.17) is 14.3 Å². The molecule has 5 heteroatoms. The van der Waals surface area contributed by atoms with Crippen molar-refractivity contribution in [2.24, 2.45) is 5.16 Å². The predicted octanol–water partition coefficient (Wildman–Crippen LogP) is 1.37. The number of carbonyl (C=O) groups is 1. The van der Waals surface area contributed by atoms with E-state index in [1.54, 1.807) is 0 Å². The molecule has 0 amide bonds. The summed E-state index contributed by atoms with van der Waals surface area (Å²) in [5.74, 6) is -0.473. The van der Waals surface area contributed by atoms with Crippen LogP contribution in [-0.2, 0) is 19.1 Å². The molecule has 0 bridgehead atoms. The zero-order chi connectivity index (χ0) is 13.0. The molecule has 1 unspecified atom stereocenters. The smallest absolute Gasteiger partial charge is 0.356 e. The van der Waals surface area contributed by atoms with Crippen LogP contribution in [0.3, 0.4) is 0 Å². The van der Waals surface area contributed by atoms with Gasteiger partial charge in [-0.15, -0.1) is 0 Å². The van der Waals surface area contributed by atoms with Crippen LogP contribution in [-0.4, -0.2) is 38.1 Å². The summed E-state index contributed by atoms with van der Waals surface area (Å²) in [7, 11) is 2.83. The van der Waals surface area contributed by atoms with Gasteiger partial charge in [-0.25, -0.2) is 4.79 Å². The highest BCUT2D eigenvalue weighted by Gasteiger charge is 2.48. The predicted molar refractivity (Wildman–Crippen MR) is 65.3 cm³/mol. The van der Waals surface area contributed by atoms with Crippen molar-refractivity contribution in [2.75, 3.05) is 20.8 Å². The largest absolute Gasteiger partial charge is 0.466 e. The molecule has 0 saturated heterocycles. The molecule has 0 saturated carbocycles. The van der Waals surface area contributed by atoms with Crippen molar-refractivity contribution < 1.29 is 19.1 Å². The van der Waals surface area contributed by atoms with Gasteiger partial charge in [0.25, 0.3) is 5.60 Å². The zero-order valence-corrected chi connectivity index (χ0v) is 10.4. The van der Waals surface area contributed by atoms with Gasteiger partial charge >= 0.3 is 5.97 Å². The van der Waals surface area contributed by atoms with Crippen LogP contribution in [0.15, 0.2) is 35.5 Å². The summed E-state index contributed by atoms with van der Waals surface area (Å²) in [5.41, 5.74) is 0.492. The van der Waals surface area contributed by atoms with E-state index in [9.17, 15) is 4.79 Å². The number of rotatable bonds is 4. The first-order valence-corrected chi connectivity index (χ1v) is 5.60. The van der Waals surface area contributed by atoms with Crippen LogP contribution in [0, 0.1) is 0 Å². The number of oxime groups is 1. The van der Waals surface area contributed by atoms with E-state index in [2.05, 4.69) is 5.16 Å². The van der Waals surface area contributed by atoms with Gasteiger partial charge in [0, 0.05) is 13.5 Å². The fourth-order valence-electron chi connectivity index (χ4n) is 1.93. The number of hydrogen-bond acceptors (Lipinski definition) is 5. The molecule has 0 aliphatic carbocycles. The first-order valence-electron chi connectivity index (χ1n) is 5.60. The molecule has 0 aromatic heterocycles. The van der Waals surface area contributed by atoms with Crippen molar-refractivity contribution in [3.63, 3.8) is 0 Å². The number of esters is 1. The van der Waals surface area contributed by atoms with Crippen LogP contribution >= 0.6 is 0 Å². The van der Waals surface area contributed by atoms with Crippen LogP contribution < -0.4 is 0 Å². The number of nitrogens with zero attached hydrogens (tertiary/aromatic N) is 1. The summed E-state index contributed by atoms with van der Waals surface area (Å²) in [6.07, 6.45) is 0.345.